The van der Waals surface area contributed by atoms with Crippen molar-refractivity contribution in [2.24, 2.45) is 5.92 Å². The molecule has 24 heavy (non-hydrogen) atoms. The van der Waals surface area contributed by atoms with Crippen molar-refractivity contribution in [2.45, 2.75) is 33.1 Å². The van der Waals surface area contributed by atoms with E-state index in [1.165, 1.54) is 4.31 Å². The number of sulfonamides is 1. The number of amides is 1. The minimum absolute atomic E-state index is 0.00947. The highest BCUT2D eigenvalue weighted by molar-refractivity contribution is 7.92. The summed E-state index contributed by atoms with van der Waals surface area (Å²) >= 11 is 6.01. The Balaban J connectivity index is 2.10. The Hall–Kier alpha value is -1.27. The van der Waals surface area contributed by atoms with Crippen molar-refractivity contribution in [1.29, 1.82) is 0 Å². The first-order valence-corrected chi connectivity index (χ1v) is 10.4. The maximum atomic E-state index is 12.4. The number of carbonyl (C=O) groups is 1. The van der Waals surface area contributed by atoms with Crippen molar-refractivity contribution in [1.82, 2.24) is 4.90 Å². The second-order valence-corrected chi connectivity index (χ2v) is 8.92. The van der Waals surface area contributed by atoms with Crippen LogP contribution in [0.25, 0.3) is 0 Å². The molecule has 0 aliphatic carbocycles. The Bertz CT molecular complexity index is 698. The Labute approximate surface area is 149 Å². The Morgan fingerprint density at radius 2 is 1.96 bits per heavy atom. The van der Waals surface area contributed by atoms with Gasteiger partial charge in [-0.1, -0.05) is 24.6 Å². The predicted molar refractivity (Wildman–Crippen MR) is 98.0 cm³/mol. The normalized spacial score (nSPS) is 16.2. The van der Waals surface area contributed by atoms with Gasteiger partial charge in [-0.15, -0.1) is 0 Å². The van der Waals surface area contributed by atoms with Crippen LogP contribution in [0.2, 0.25) is 5.02 Å². The molecule has 1 saturated heterocycles. The highest BCUT2D eigenvalue weighted by atomic mass is 35.5. The molecule has 1 heterocycles. The summed E-state index contributed by atoms with van der Waals surface area (Å²) in [5, 5.41) is 0.473. The molecule has 7 heteroatoms. The van der Waals surface area contributed by atoms with Gasteiger partial charge in [-0.3, -0.25) is 9.10 Å². The van der Waals surface area contributed by atoms with Gasteiger partial charge in [0, 0.05) is 31.1 Å². The van der Waals surface area contributed by atoms with Crippen LogP contribution in [0.1, 0.15) is 31.7 Å². The van der Waals surface area contributed by atoms with Gasteiger partial charge in [0.05, 0.1) is 11.9 Å². The molecular formula is C17H25ClN2O3S. The van der Waals surface area contributed by atoms with E-state index in [0.29, 0.717) is 16.6 Å². The minimum atomic E-state index is -3.49. The van der Waals surface area contributed by atoms with Crippen molar-refractivity contribution in [3.63, 3.8) is 0 Å². The fourth-order valence-corrected chi connectivity index (χ4v) is 4.07. The van der Waals surface area contributed by atoms with Crippen LogP contribution in [0, 0.1) is 12.8 Å². The van der Waals surface area contributed by atoms with Gasteiger partial charge >= 0.3 is 0 Å². The molecule has 1 fully saturated rings. The van der Waals surface area contributed by atoms with E-state index in [0.717, 1.165) is 37.8 Å². The lowest BCUT2D eigenvalue weighted by Crippen LogP contribution is -2.40. The van der Waals surface area contributed by atoms with Crippen molar-refractivity contribution in [3.8, 4) is 0 Å². The molecule has 0 bridgehead atoms. The SMILES string of the molecule is Cc1ccc(Cl)cc1N(CCC(=O)N1CCC(C)CC1)S(C)(=O)=O. The van der Waals surface area contributed by atoms with Gasteiger partial charge in [-0.25, -0.2) is 8.42 Å². The van der Waals surface area contributed by atoms with Gasteiger partial charge in [-0.05, 0) is 43.4 Å². The molecule has 0 aromatic heterocycles. The Kier molecular flexibility index (Phi) is 6.15. The van der Waals surface area contributed by atoms with E-state index in [-0.39, 0.29) is 18.9 Å². The molecule has 0 N–H and O–H groups in total. The van der Waals surface area contributed by atoms with Crippen molar-refractivity contribution < 1.29 is 13.2 Å². The lowest BCUT2D eigenvalue weighted by molar-refractivity contribution is -0.132. The number of likely N-dealkylation sites (tertiary alicyclic amines) is 1. The molecule has 2 rings (SSSR count). The Morgan fingerprint density at radius 3 is 2.54 bits per heavy atom. The lowest BCUT2D eigenvalue weighted by Gasteiger charge is -2.31. The van der Waals surface area contributed by atoms with E-state index in [1.54, 1.807) is 18.2 Å². The van der Waals surface area contributed by atoms with Crippen molar-refractivity contribution >= 4 is 33.2 Å². The lowest BCUT2D eigenvalue weighted by atomic mass is 9.99. The first-order chi connectivity index (χ1) is 11.2. The first-order valence-electron chi connectivity index (χ1n) is 8.20. The summed E-state index contributed by atoms with van der Waals surface area (Å²) in [4.78, 5) is 14.2. The van der Waals surface area contributed by atoms with Crippen LogP contribution in [-0.4, -0.2) is 45.1 Å². The molecule has 1 aromatic carbocycles. The summed E-state index contributed by atoms with van der Waals surface area (Å²) < 4.78 is 25.6. The van der Waals surface area contributed by atoms with Crippen LogP contribution in [0.5, 0.6) is 0 Å². The predicted octanol–water partition coefficient (Wildman–Crippen LogP) is 3.06. The van der Waals surface area contributed by atoms with Crippen LogP contribution < -0.4 is 4.31 Å². The maximum absolute atomic E-state index is 12.4. The Morgan fingerprint density at radius 1 is 1.33 bits per heavy atom. The molecule has 1 aliphatic heterocycles. The number of aryl methyl sites for hydroxylation is 1. The zero-order valence-electron chi connectivity index (χ0n) is 14.5. The average molecular weight is 373 g/mol. The average Bonchev–Trinajstić information content (AvgIpc) is 2.50. The van der Waals surface area contributed by atoms with Crippen LogP contribution >= 0.6 is 11.6 Å². The summed E-state index contributed by atoms with van der Waals surface area (Å²) in [6.45, 7) is 5.67. The first kappa shape index (κ1) is 19.1. The van der Waals surface area contributed by atoms with E-state index in [2.05, 4.69) is 6.92 Å². The van der Waals surface area contributed by atoms with E-state index in [4.69, 9.17) is 11.6 Å². The van der Waals surface area contributed by atoms with Crippen LogP contribution in [0.4, 0.5) is 5.69 Å². The second kappa shape index (κ2) is 7.74. The number of rotatable bonds is 5. The number of benzene rings is 1. The molecule has 134 valence electrons. The summed E-state index contributed by atoms with van der Waals surface area (Å²) in [7, 11) is -3.49. The molecule has 0 radical (unpaired) electrons. The van der Waals surface area contributed by atoms with Crippen molar-refractivity contribution in [3.05, 3.63) is 28.8 Å². The fraction of sp³-hybridized carbons (Fsp3) is 0.588. The van der Waals surface area contributed by atoms with E-state index in [1.807, 2.05) is 11.8 Å². The zero-order valence-corrected chi connectivity index (χ0v) is 16.0. The number of halogens is 1. The number of nitrogens with zero attached hydrogens (tertiary/aromatic N) is 2. The third-order valence-electron chi connectivity index (χ3n) is 4.51. The maximum Gasteiger partial charge on any atom is 0.232 e. The third-order valence-corrected chi connectivity index (χ3v) is 5.92. The standard InChI is InChI=1S/C17H25ClN2O3S/c1-13-6-9-19(10-7-13)17(21)8-11-20(24(3,22)23)16-12-15(18)5-4-14(16)2/h4-5,12-13H,6-11H2,1-3H3. The topological polar surface area (TPSA) is 57.7 Å². The zero-order chi connectivity index (χ0) is 17.9. The number of piperidine rings is 1. The molecule has 5 nitrogen and oxygen atoms in total. The van der Waals surface area contributed by atoms with Gasteiger partial charge in [0.2, 0.25) is 15.9 Å². The number of hydrogen-bond donors (Lipinski definition) is 0. The number of anilines is 1. The van der Waals surface area contributed by atoms with Crippen LogP contribution in [0.15, 0.2) is 18.2 Å². The molecule has 1 amide bonds. The highest BCUT2D eigenvalue weighted by Crippen LogP contribution is 2.26. The van der Waals surface area contributed by atoms with Crippen molar-refractivity contribution in [2.75, 3.05) is 30.2 Å². The monoisotopic (exact) mass is 372 g/mol. The number of carbonyl (C=O) groups excluding carboxylic acids is 1. The van der Waals surface area contributed by atoms with E-state index in [9.17, 15) is 13.2 Å². The quantitative estimate of drug-likeness (QED) is 0.798. The molecule has 0 saturated carbocycles. The third kappa shape index (κ3) is 4.86. The van der Waals surface area contributed by atoms with Gasteiger partial charge in [0.25, 0.3) is 0 Å². The smallest absolute Gasteiger partial charge is 0.232 e. The van der Waals surface area contributed by atoms with Gasteiger partial charge in [0.1, 0.15) is 0 Å². The van der Waals surface area contributed by atoms with E-state index >= 15 is 0 Å². The summed E-state index contributed by atoms with van der Waals surface area (Å²) in [6, 6.07) is 5.13. The van der Waals surface area contributed by atoms with Crippen LogP contribution in [0.3, 0.4) is 0 Å². The summed E-state index contributed by atoms with van der Waals surface area (Å²) in [5.74, 6) is 0.658. The molecule has 0 unspecified atom stereocenters. The van der Waals surface area contributed by atoms with Gasteiger partial charge in [0.15, 0.2) is 0 Å². The molecule has 1 aromatic rings. The molecule has 0 atom stereocenters. The second-order valence-electron chi connectivity index (χ2n) is 6.58. The number of hydrogen-bond acceptors (Lipinski definition) is 3. The molecule has 0 spiro atoms. The van der Waals surface area contributed by atoms with Gasteiger partial charge in [-0.2, -0.15) is 0 Å². The summed E-state index contributed by atoms with van der Waals surface area (Å²) in [6.07, 6.45) is 3.34. The molecular weight excluding hydrogens is 348 g/mol. The fourth-order valence-electron chi connectivity index (χ4n) is 2.93. The highest BCUT2D eigenvalue weighted by Gasteiger charge is 2.24. The summed E-state index contributed by atoms with van der Waals surface area (Å²) in [5.41, 5.74) is 1.34. The van der Waals surface area contributed by atoms with Crippen LogP contribution in [-0.2, 0) is 14.8 Å². The minimum Gasteiger partial charge on any atom is -0.343 e. The largest absolute Gasteiger partial charge is 0.343 e. The van der Waals surface area contributed by atoms with E-state index < -0.39 is 10.0 Å². The van der Waals surface area contributed by atoms with Gasteiger partial charge < -0.3 is 4.90 Å². The molecule has 1 aliphatic rings.